The lowest BCUT2D eigenvalue weighted by atomic mass is 10.2. The maximum absolute atomic E-state index is 11.7. The van der Waals surface area contributed by atoms with Gasteiger partial charge in [0.05, 0.1) is 24.3 Å². The molecule has 9 heteroatoms. The van der Waals surface area contributed by atoms with Crippen molar-refractivity contribution in [3.8, 4) is 0 Å². The highest BCUT2D eigenvalue weighted by Gasteiger charge is 2.23. The highest BCUT2D eigenvalue weighted by atomic mass is 16.2. The van der Waals surface area contributed by atoms with Crippen molar-refractivity contribution in [2.45, 2.75) is 37.9 Å². The highest BCUT2D eigenvalue weighted by molar-refractivity contribution is 5.97. The molecule has 0 spiro atoms. The molecule has 1 aromatic rings. The molecule has 1 saturated carbocycles. The maximum Gasteiger partial charge on any atom is 0.241 e. The van der Waals surface area contributed by atoms with Gasteiger partial charge in [-0.05, 0) is 12.8 Å². The van der Waals surface area contributed by atoms with Gasteiger partial charge in [0.15, 0.2) is 0 Å². The van der Waals surface area contributed by atoms with Gasteiger partial charge in [0.2, 0.25) is 17.7 Å². The average molecular weight is 294 g/mol. The number of aromatic nitrogens is 2. The van der Waals surface area contributed by atoms with E-state index in [1.807, 2.05) is 0 Å². The van der Waals surface area contributed by atoms with Crippen molar-refractivity contribution in [1.82, 2.24) is 15.1 Å². The SMILES string of the molecule is NC(=O)CC(N)C(=O)Nc1cnn(CC(=O)NC2CC2)c1. The molecule has 0 saturated heterocycles. The molecule has 21 heavy (non-hydrogen) atoms. The van der Waals surface area contributed by atoms with E-state index in [0.29, 0.717) is 11.7 Å². The van der Waals surface area contributed by atoms with Crippen LogP contribution in [-0.4, -0.2) is 39.6 Å². The van der Waals surface area contributed by atoms with Gasteiger partial charge in [-0.3, -0.25) is 19.1 Å². The predicted molar refractivity (Wildman–Crippen MR) is 73.8 cm³/mol. The third kappa shape index (κ3) is 4.88. The minimum atomic E-state index is -1.01. The molecule has 9 nitrogen and oxygen atoms in total. The summed E-state index contributed by atoms with van der Waals surface area (Å²) in [5.41, 5.74) is 10.9. The molecule has 1 aliphatic carbocycles. The van der Waals surface area contributed by atoms with Gasteiger partial charge in [0.1, 0.15) is 6.54 Å². The van der Waals surface area contributed by atoms with Gasteiger partial charge in [-0.2, -0.15) is 5.10 Å². The standard InChI is InChI=1S/C12H18N6O3/c13-9(3-10(14)19)12(21)17-8-4-15-18(5-8)6-11(20)16-7-1-2-7/h4-5,7,9H,1-3,6,13H2,(H2,14,19)(H,16,20)(H,17,21). The van der Waals surface area contributed by atoms with Crippen LogP contribution < -0.4 is 22.1 Å². The number of nitrogens with two attached hydrogens (primary N) is 2. The third-order valence-corrected chi connectivity index (χ3v) is 2.91. The van der Waals surface area contributed by atoms with Crippen molar-refractivity contribution in [3.63, 3.8) is 0 Å². The number of hydrogen-bond donors (Lipinski definition) is 4. The van der Waals surface area contributed by atoms with Gasteiger partial charge in [-0.25, -0.2) is 0 Å². The predicted octanol–water partition coefficient (Wildman–Crippen LogP) is -1.70. The molecule has 0 radical (unpaired) electrons. The molecule has 0 aromatic carbocycles. The van der Waals surface area contributed by atoms with E-state index in [-0.39, 0.29) is 18.9 Å². The second-order valence-corrected chi connectivity index (χ2v) is 5.03. The van der Waals surface area contributed by atoms with Crippen molar-refractivity contribution in [2.75, 3.05) is 5.32 Å². The first-order valence-corrected chi connectivity index (χ1v) is 6.60. The first-order valence-electron chi connectivity index (χ1n) is 6.60. The lowest BCUT2D eigenvalue weighted by Gasteiger charge is -2.08. The fraction of sp³-hybridized carbons (Fsp3) is 0.500. The van der Waals surface area contributed by atoms with Crippen molar-refractivity contribution < 1.29 is 14.4 Å². The topological polar surface area (TPSA) is 145 Å². The largest absolute Gasteiger partial charge is 0.370 e. The van der Waals surface area contributed by atoms with Crippen LogP contribution in [0.2, 0.25) is 0 Å². The summed E-state index contributed by atoms with van der Waals surface area (Å²) in [4.78, 5) is 34.0. The quantitative estimate of drug-likeness (QED) is 0.473. The summed E-state index contributed by atoms with van der Waals surface area (Å²) < 4.78 is 1.41. The zero-order valence-electron chi connectivity index (χ0n) is 11.4. The van der Waals surface area contributed by atoms with Crippen LogP contribution in [0.15, 0.2) is 12.4 Å². The van der Waals surface area contributed by atoms with Crippen LogP contribution >= 0.6 is 0 Å². The van der Waals surface area contributed by atoms with E-state index in [4.69, 9.17) is 11.5 Å². The van der Waals surface area contributed by atoms with Gasteiger partial charge < -0.3 is 22.1 Å². The van der Waals surface area contributed by atoms with Crippen LogP contribution in [-0.2, 0) is 20.9 Å². The lowest BCUT2D eigenvalue weighted by molar-refractivity contribution is -0.123. The molecule has 6 N–H and O–H groups in total. The van der Waals surface area contributed by atoms with Gasteiger partial charge >= 0.3 is 0 Å². The molecule has 1 aromatic heterocycles. The minimum Gasteiger partial charge on any atom is -0.370 e. The zero-order chi connectivity index (χ0) is 15.4. The maximum atomic E-state index is 11.7. The van der Waals surface area contributed by atoms with Crippen molar-refractivity contribution in [2.24, 2.45) is 11.5 Å². The second kappa shape index (κ2) is 6.35. The van der Waals surface area contributed by atoms with Crippen LogP contribution in [0.4, 0.5) is 5.69 Å². The zero-order valence-corrected chi connectivity index (χ0v) is 11.4. The Kier molecular flexibility index (Phi) is 4.53. The van der Waals surface area contributed by atoms with Crippen LogP contribution in [0.1, 0.15) is 19.3 Å². The number of rotatable bonds is 7. The number of nitrogens with zero attached hydrogens (tertiary/aromatic N) is 2. The summed E-state index contributed by atoms with van der Waals surface area (Å²) in [7, 11) is 0. The summed E-state index contributed by atoms with van der Waals surface area (Å²) >= 11 is 0. The fourth-order valence-corrected chi connectivity index (χ4v) is 1.71. The Hall–Kier alpha value is -2.42. The smallest absolute Gasteiger partial charge is 0.241 e. The van der Waals surface area contributed by atoms with Gasteiger partial charge in [-0.1, -0.05) is 0 Å². The summed E-state index contributed by atoms with van der Waals surface area (Å²) in [5, 5.41) is 9.31. The molecule has 1 unspecified atom stereocenters. The molecule has 2 rings (SSSR count). The molecular weight excluding hydrogens is 276 g/mol. The Balaban J connectivity index is 1.82. The number of carbonyl (C=O) groups excluding carboxylic acids is 3. The average Bonchev–Trinajstić information content (AvgIpc) is 3.08. The Labute approximate surface area is 121 Å². The van der Waals surface area contributed by atoms with Crippen molar-refractivity contribution >= 4 is 23.4 Å². The van der Waals surface area contributed by atoms with Crippen molar-refractivity contribution in [1.29, 1.82) is 0 Å². The van der Waals surface area contributed by atoms with E-state index in [0.717, 1.165) is 12.8 Å². The van der Waals surface area contributed by atoms with E-state index in [1.54, 1.807) is 0 Å². The van der Waals surface area contributed by atoms with Crippen LogP contribution in [0, 0.1) is 0 Å². The summed E-state index contributed by atoms with van der Waals surface area (Å²) in [6, 6.07) is -0.719. The Bertz CT molecular complexity index is 551. The lowest BCUT2D eigenvalue weighted by Crippen LogP contribution is -2.38. The van der Waals surface area contributed by atoms with E-state index in [1.165, 1.54) is 17.1 Å². The van der Waals surface area contributed by atoms with Crippen LogP contribution in [0.3, 0.4) is 0 Å². The molecule has 1 fully saturated rings. The number of carbonyl (C=O) groups is 3. The molecule has 3 amide bonds. The fourth-order valence-electron chi connectivity index (χ4n) is 1.71. The minimum absolute atomic E-state index is 0.0830. The summed E-state index contributed by atoms with van der Waals surface area (Å²) in [5.74, 6) is -1.30. The Morgan fingerprint density at radius 2 is 2.14 bits per heavy atom. The number of nitrogens with one attached hydrogen (secondary N) is 2. The third-order valence-electron chi connectivity index (χ3n) is 2.91. The van der Waals surface area contributed by atoms with E-state index >= 15 is 0 Å². The van der Waals surface area contributed by atoms with E-state index in [2.05, 4.69) is 15.7 Å². The van der Waals surface area contributed by atoms with Crippen LogP contribution in [0.25, 0.3) is 0 Å². The summed E-state index contributed by atoms with van der Waals surface area (Å²) in [6.45, 7) is 0.0830. The van der Waals surface area contributed by atoms with Gasteiger partial charge in [-0.15, -0.1) is 0 Å². The summed E-state index contributed by atoms with van der Waals surface area (Å²) in [6.07, 6.45) is 4.72. The number of anilines is 1. The van der Waals surface area contributed by atoms with Crippen LogP contribution in [0.5, 0.6) is 0 Å². The Morgan fingerprint density at radius 1 is 1.43 bits per heavy atom. The van der Waals surface area contributed by atoms with Crippen molar-refractivity contribution in [3.05, 3.63) is 12.4 Å². The highest BCUT2D eigenvalue weighted by Crippen LogP contribution is 2.18. The number of hydrogen-bond acceptors (Lipinski definition) is 5. The monoisotopic (exact) mass is 294 g/mol. The first-order chi connectivity index (χ1) is 9.94. The van der Waals surface area contributed by atoms with E-state index < -0.39 is 17.9 Å². The number of primary amides is 1. The molecule has 1 heterocycles. The van der Waals surface area contributed by atoms with E-state index in [9.17, 15) is 14.4 Å². The molecule has 1 atom stereocenters. The molecule has 1 aliphatic rings. The van der Waals surface area contributed by atoms with Gasteiger partial charge in [0, 0.05) is 12.2 Å². The Morgan fingerprint density at radius 3 is 2.76 bits per heavy atom. The normalized spacial score (nSPS) is 15.3. The molecule has 0 bridgehead atoms. The number of amides is 3. The second-order valence-electron chi connectivity index (χ2n) is 5.03. The first kappa shape index (κ1) is 15.0. The molecular formula is C12H18N6O3. The van der Waals surface area contributed by atoms with Gasteiger partial charge in [0.25, 0.3) is 0 Å². The molecule has 0 aliphatic heterocycles. The molecule has 114 valence electrons.